The summed E-state index contributed by atoms with van der Waals surface area (Å²) in [4.78, 5) is 28.5. The van der Waals surface area contributed by atoms with Crippen LogP contribution in [-0.2, 0) is 32.6 Å². The van der Waals surface area contributed by atoms with Crippen LogP contribution in [0.4, 0.5) is 5.69 Å². The first kappa shape index (κ1) is 29.9. The minimum absolute atomic E-state index is 0.0602. The van der Waals surface area contributed by atoms with Crippen molar-refractivity contribution in [3.8, 4) is 11.5 Å². The average molecular weight is 580 g/mol. The molecule has 0 saturated heterocycles. The Balaban J connectivity index is 1.54. The summed E-state index contributed by atoms with van der Waals surface area (Å²) in [5.74, 6) is 0.556. The summed E-state index contributed by atoms with van der Waals surface area (Å²) < 4.78 is 37.9. The van der Waals surface area contributed by atoms with Crippen LogP contribution < -0.4 is 19.1 Å². The van der Waals surface area contributed by atoms with Crippen LogP contribution in [0.15, 0.2) is 72.8 Å². The van der Waals surface area contributed by atoms with Gasteiger partial charge in [0.15, 0.2) is 11.5 Å². The van der Waals surface area contributed by atoms with Gasteiger partial charge >= 0.3 is 0 Å². The third-order valence-electron chi connectivity index (χ3n) is 6.96. The fourth-order valence-electron chi connectivity index (χ4n) is 4.80. The van der Waals surface area contributed by atoms with Crippen LogP contribution in [0.3, 0.4) is 0 Å². The third-order valence-corrected chi connectivity index (χ3v) is 8.15. The molecule has 0 radical (unpaired) electrons. The van der Waals surface area contributed by atoms with Gasteiger partial charge in [-0.1, -0.05) is 60.2 Å². The highest BCUT2D eigenvalue weighted by Gasteiger charge is 2.30. The fraction of sp³-hybridized carbons (Fsp3) is 0.355. The highest BCUT2D eigenvalue weighted by atomic mass is 32.2. The summed E-state index contributed by atoms with van der Waals surface area (Å²) in [5, 5.41) is 2.71. The number of carbonyl (C=O) groups excluding carboxylic acids is 2. The number of amides is 2. The van der Waals surface area contributed by atoms with Crippen molar-refractivity contribution < 1.29 is 27.5 Å². The molecule has 0 fully saturated rings. The van der Waals surface area contributed by atoms with E-state index in [-0.39, 0.29) is 37.7 Å². The molecule has 0 bridgehead atoms. The molecule has 0 spiro atoms. The molecular weight excluding hydrogens is 542 g/mol. The molecule has 2 amide bonds. The molecule has 4 rings (SSSR count). The number of rotatable bonds is 12. The van der Waals surface area contributed by atoms with Gasteiger partial charge in [-0.3, -0.25) is 13.9 Å². The van der Waals surface area contributed by atoms with E-state index in [1.54, 1.807) is 30.1 Å². The number of carbonyl (C=O) groups is 2. The molecule has 41 heavy (non-hydrogen) atoms. The standard InChI is InChI=1S/C31H37N3O6S/c1-23-11-13-25(14-12-23)22-33(27(31(36)32-2)20-24-8-5-4-6-9-24)30(35)10-7-17-34(41(3,37)38)26-15-16-28-29(21-26)40-19-18-39-28/h4-6,8-9,11-16,21,27H,7,10,17-20,22H2,1-3H3,(H,32,36)/t27-/m1/s1. The summed E-state index contributed by atoms with van der Waals surface area (Å²) in [5.41, 5.74) is 3.37. The lowest BCUT2D eigenvalue weighted by Crippen LogP contribution is -2.49. The van der Waals surface area contributed by atoms with Gasteiger partial charge in [0.2, 0.25) is 21.8 Å². The van der Waals surface area contributed by atoms with Crippen molar-refractivity contribution in [3.05, 3.63) is 89.5 Å². The van der Waals surface area contributed by atoms with Crippen LogP contribution in [0.1, 0.15) is 29.5 Å². The lowest BCUT2D eigenvalue weighted by Gasteiger charge is -2.31. The molecule has 0 aromatic heterocycles. The van der Waals surface area contributed by atoms with Gasteiger partial charge in [0.25, 0.3) is 0 Å². The molecule has 1 atom stereocenters. The Morgan fingerprint density at radius 1 is 0.927 bits per heavy atom. The van der Waals surface area contributed by atoms with Gasteiger partial charge in [-0.25, -0.2) is 8.42 Å². The quantitative estimate of drug-likeness (QED) is 0.351. The number of fused-ring (bicyclic) bond motifs is 1. The van der Waals surface area contributed by atoms with Crippen LogP contribution in [0.5, 0.6) is 11.5 Å². The lowest BCUT2D eigenvalue weighted by molar-refractivity contribution is -0.141. The molecule has 0 saturated carbocycles. The number of nitrogens with one attached hydrogen (secondary N) is 1. The lowest BCUT2D eigenvalue weighted by atomic mass is 10.0. The zero-order valence-corrected chi connectivity index (χ0v) is 24.5. The first-order valence-corrected chi connectivity index (χ1v) is 15.5. The molecule has 1 aliphatic rings. The number of anilines is 1. The molecule has 0 aliphatic carbocycles. The number of nitrogens with zero attached hydrogens (tertiary/aromatic N) is 2. The molecule has 10 heteroatoms. The van der Waals surface area contributed by atoms with Crippen LogP contribution in [0, 0.1) is 6.92 Å². The van der Waals surface area contributed by atoms with Crippen LogP contribution >= 0.6 is 0 Å². The van der Waals surface area contributed by atoms with E-state index in [1.807, 2.05) is 61.5 Å². The van der Waals surface area contributed by atoms with Gasteiger partial charge in [0.1, 0.15) is 19.3 Å². The smallest absolute Gasteiger partial charge is 0.242 e. The van der Waals surface area contributed by atoms with Crippen molar-refractivity contribution in [1.82, 2.24) is 10.2 Å². The van der Waals surface area contributed by atoms with E-state index in [2.05, 4.69) is 5.32 Å². The van der Waals surface area contributed by atoms with E-state index >= 15 is 0 Å². The normalized spacial score (nSPS) is 13.2. The van der Waals surface area contributed by atoms with Gasteiger partial charge in [-0.2, -0.15) is 0 Å². The number of likely N-dealkylation sites (N-methyl/N-ethyl adjacent to an activating group) is 1. The minimum atomic E-state index is -3.64. The van der Waals surface area contributed by atoms with Gasteiger partial charge in [0.05, 0.1) is 11.9 Å². The Hall–Kier alpha value is -4.05. The first-order valence-electron chi connectivity index (χ1n) is 13.6. The Morgan fingerprint density at radius 3 is 2.27 bits per heavy atom. The first-order chi connectivity index (χ1) is 19.7. The van der Waals surface area contributed by atoms with E-state index in [0.717, 1.165) is 22.9 Å². The van der Waals surface area contributed by atoms with Crippen molar-refractivity contribution in [2.75, 3.05) is 37.4 Å². The SMILES string of the molecule is CNC(=O)[C@@H](Cc1ccccc1)N(Cc1ccc(C)cc1)C(=O)CCCN(c1ccc2c(c1)OCCO2)S(C)(=O)=O. The van der Waals surface area contributed by atoms with E-state index < -0.39 is 16.1 Å². The summed E-state index contributed by atoms with van der Waals surface area (Å²) >= 11 is 0. The average Bonchev–Trinajstić information content (AvgIpc) is 2.97. The Labute approximate surface area is 242 Å². The van der Waals surface area contributed by atoms with Gasteiger partial charge < -0.3 is 19.7 Å². The van der Waals surface area contributed by atoms with Gasteiger partial charge in [0, 0.05) is 39.0 Å². The van der Waals surface area contributed by atoms with Gasteiger partial charge in [-0.05, 0) is 36.6 Å². The number of hydrogen-bond donors (Lipinski definition) is 1. The third kappa shape index (κ3) is 8.00. The molecular formula is C31H37N3O6S. The maximum atomic E-state index is 13.8. The summed E-state index contributed by atoms with van der Waals surface area (Å²) in [6.45, 7) is 3.15. The van der Waals surface area contributed by atoms with E-state index in [0.29, 0.717) is 36.8 Å². The Kier molecular flexibility index (Phi) is 9.88. The maximum Gasteiger partial charge on any atom is 0.242 e. The molecule has 9 nitrogen and oxygen atoms in total. The van der Waals surface area contributed by atoms with Crippen LogP contribution in [-0.4, -0.2) is 64.2 Å². The maximum absolute atomic E-state index is 13.8. The predicted molar refractivity (Wildman–Crippen MR) is 159 cm³/mol. The number of sulfonamides is 1. The summed E-state index contributed by atoms with van der Waals surface area (Å²) in [6, 6.07) is 21.7. The second kappa shape index (κ2) is 13.5. The monoisotopic (exact) mass is 579 g/mol. The van der Waals surface area contributed by atoms with Crippen LogP contribution in [0.2, 0.25) is 0 Å². The summed E-state index contributed by atoms with van der Waals surface area (Å²) in [7, 11) is -2.08. The van der Waals surface area contributed by atoms with Crippen molar-refractivity contribution in [3.63, 3.8) is 0 Å². The minimum Gasteiger partial charge on any atom is -0.486 e. The zero-order chi connectivity index (χ0) is 29.4. The van der Waals surface area contributed by atoms with E-state index in [9.17, 15) is 18.0 Å². The number of hydrogen-bond acceptors (Lipinski definition) is 6. The molecule has 3 aromatic carbocycles. The molecule has 3 aromatic rings. The highest BCUT2D eigenvalue weighted by molar-refractivity contribution is 7.92. The van der Waals surface area contributed by atoms with Gasteiger partial charge in [-0.15, -0.1) is 0 Å². The Morgan fingerprint density at radius 2 is 1.61 bits per heavy atom. The molecule has 1 N–H and O–H groups in total. The highest BCUT2D eigenvalue weighted by Crippen LogP contribution is 2.34. The van der Waals surface area contributed by atoms with Crippen molar-refractivity contribution in [2.24, 2.45) is 0 Å². The zero-order valence-electron chi connectivity index (χ0n) is 23.7. The Bertz CT molecular complexity index is 1440. The number of aryl methyl sites for hydroxylation is 1. The van der Waals surface area contributed by atoms with Crippen molar-refractivity contribution >= 4 is 27.5 Å². The topological polar surface area (TPSA) is 105 Å². The summed E-state index contributed by atoms with van der Waals surface area (Å²) in [6.07, 6.45) is 1.81. The van der Waals surface area contributed by atoms with E-state index in [4.69, 9.17) is 9.47 Å². The number of benzene rings is 3. The fourth-order valence-corrected chi connectivity index (χ4v) is 5.76. The van der Waals surface area contributed by atoms with Crippen LogP contribution in [0.25, 0.3) is 0 Å². The largest absolute Gasteiger partial charge is 0.486 e. The number of ether oxygens (including phenoxy) is 2. The molecule has 1 heterocycles. The second-order valence-corrected chi connectivity index (χ2v) is 12.0. The molecule has 1 aliphatic heterocycles. The predicted octanol–water partition coefficient (Wildman–Crippen LogP) is 3.70. The van der Waals surface area contributed by atoms with Crippen molar-refractivity contribution in [1.29, 1.82) is 0 Å². The van der Waals surface area contributed by atoms with Crippen molar-refractivity contribution in [2.45, 2.75) is 38.8 Å². The van der Waals surface area contributed by atoms with E-state index in [1.165, 1.54) is 4.31 Å². The molecule has 218 valence electrons. The molecule has 0 unspecified atom stereocenters. The second-order valence-electron chi connectivity index (χ2n) is 10.1.